The van der Waals surface area contributed by atoms with E-state index in [1.54, 1.807) is 0 Å². The number of hydrogen-bond acceptors (Lipinski definition) is 1. The molecule has 1 heterocycles. The zero-order valence-electron chi connectivity index (χ0n) is 29.9. The van der Waals surface area contributed by atoms with Crippen molar-refractivity contribution in [3.63, 3.8) is 0 Å². The number of benzene rings is 8. The van der Waals surface area contributed by atoms with Crippen molar-refractivity contribution >= 4 is 38.9 Å². The lowest BCUT2D eigenvalue weighted by atomic mass is 9.82. The summed E-state index contributed by atoms with van der Waals surface area (Å²) in [6.07, 6.45) is 0. The van der Waals surface area contributed by atoms with Crippen molar-refractivity contribution in [2.24, 2.45) is 0 Å². The van der Waals surface area contributed by atoms with Crippen molar-refractivity contribution in [1.82, 2.24) is 4.57 Å². The van der Waals surface area contributed by atoms with Crippen LogP contribution in [-0.2, 0) is 5.41 Å². The molecular weight excluding hydrogens is 641 g/mol. The van der Waals surface area contributed by atoms with Gasteiger partial charge in [-0.3, -0.25) is 0 Å². The first-order chi connectivity index (χ1) is 26.1. The first-order valence-corrected chi connectivity index (χ1v) is 18.4. The van der Waals surface area contributed by atoms with Crippen LogP contribution in [0.25, 0.3) is 60.9 Å². The van der Waals surface area contributed by atoms with Gasteiger partial charge < -0.3 is 9.47 Å². The van der Waals surface area contributed by atoms with E-state index < -0.39 is 0 Å². The highest BCUT2D eigenvalue weighted by Crippen LogP contribution is 2.50. The highest BCUT2D eigenvalue weighted by atomic mass is 15.1. The maximum absolute atomic E-state index is 2.47. The molecule has 9 aromatic rings. The molecule has 2 nitrogen and oxygen atoms in total. The molecule has 0 spiro atoms. The summed E-state index contributed by atoms with van der Waals surface area (Å²) in [5.41, 5.74) is 17.0. The van der Waals surface area contributed by atoms with E-state index in [0.717, 1.165) is 17.1 Å². The van der Waals surface area contributed by atoms with Crippen LogP contribution in [0.15, 0.2) is 194 Å². The summed E-state index contributed by atoms with van der Waals surface area (Å²) in [7, 11) is 0. The summed E-state index contributed by atoms with van der Waals surface area (Å²) < 4.78 is 2.47. The molecule has 0 saturated heterocycles. The van der Waals surface area contributed by atoms with Gasteiger partial charge in [-0.15, -0.1) is 0 Å². The molecule has 10 rings (SSSR count). The van der Waals surface area contributed by atoms with E-state index in [9.17, 15) is 0 Å². The lowest BCUT2D eigenvalue weighted by Crippen LogP contribution is -2.15. The number of fused-ring (bicyclic) bond motifs is 6. The number of hydrogen-bond donors (Lipinski definition) is 0. The van der Waals surface area contributed by atoms with Crippen LogP contribution < -0.4 is 4.90 Å². The topological polar surface area (TPSA) is 8.17 Å². The average molecular weight is 679 g/mol. The molecule has 0 unspecified atom stereocenters. The van der Waals surface area contributed by atoms with Gasteiger partial charge in [-0.2, -0.15) is 0 Å². The minimum absolute atomic E-state index is 0.0876. The monoisotopic (exact) mass is 678 g/mol. The molecule has 2 heteroatoms. The molecule has 0 radical (unpaired) electrons. The minimum atomic E-state index is -0.0876. The van der Waals surface area contributed by atoms with Gasteiger partial charge in [-0.1, -0.05) is 159 Å². The summed E-state index contributed by atoms with van der Waals surface area (Å²) in [5.74, 6) is 0. The Bertz CT molecular complexity index is 2790. The Balaban J connectivity index is 1.19. The Kier molecular flexibility index (Phi) is 7.19. The van der Waals surface area contributed by atoms with Crippen molar-refractivity contribution in [3.8, 4) is 39.1 Å². The molecule has 0 atom stereocenters. The number of anilines is 3. The first kappa shape index (κ1) is 31.1. The van der Waals surface area contributed by atoms with E-state index in [4.69, 9.17) is 0 Å². The highest BCUT2D eigenvalue weighted by Gasteiger charge is 2.35. The largest absolute Gasteiger partial charge is 0.310 e. The molecule has 0 saturated carbocycles. The third kappa shape index (κ3) is 5.02. The molecular formula is C51H38N2. The number of nitrogens with zero attached hydrogens (tertiary/aromatic N) is 2. The van der Waals surface area contributed by atoms with Crippen LogP contribution in [0.3, 0.4) is 0 Å². The predicted octanol–water partition coefficient (Wildman–Crippen LogP) is 13.9. The van der Waals surface area contributed by atoms with Gasteiger partial charge in [-0.25, -0.2) is 0 Å². The van der Waals surface area contributed by atoms with Gasteiger partial charge >= 0.3 is 0 Å². The van der Waals surface area contributed by atoms with Crippen LogP contribution in [0, 0.1) is 0 Å². The van der Waals surface area contributed by atoms with Crippen molar-refractivity contribution in [2.45, 2.75) is 19.3 Å². The summed E-state index contributed by atoms with van der Waals surface area (Å²) in [4.78, 5) is 2.42. The summed E-state index contributed by atoms with van der Waals surface area (Å²) in [6.45, 7) is 4.72. The van der Waals surface area contributed by atoms with Gasteiger partial charge in [0.2, 0.25) is 0 Å². The molecule has 1 aromatic heterocycles. The molecule has 0 N–H and O–H groups in total. The average Bonchev–Trinajstić information content (AvgIpc) is 3.67. The van der Waals surface area contributed by atoms with Gasteiger partial charge in [0.25, 0.3) is 0 Å². The Hall–Kier alpha value is -6.64. The third-order valence-electron chi connectivity index (χ3n) is 11.2. The summed E-state index contributed by atoms with van der Waals surface area (Å²) in [6, 6.07) is 70.8. The van der Waals surface area contributed by atoms with E-state index in [1.807, 2.05) is 0 Å². The second kappa shape index (κ2) is 12.3. The molecule has 0 fully saturated rings. The Morgan fingerprint density at radius 2 is 0.981 bits per heavy atom. The summed E-state index contributed by atoms with van der Waals surface area (Å²) in [5, 5.41) is 2.49. The molecule has 53 heavy (non-hydrogen) atoms. The van der Waals surface area contributed by atoms with Crippen molar-refractivity contribution in [3.05, 3.63) is 205 Å². The van der Waals surface area contributed by atoms with E-state index in [2.05, 4.69) is 217 Å². The standard InChI is InChI=1S/C51H38N2/c1-51(2)46-22-12-9-20-42(46)43-31-29-39(33-47(43)51)53-49-24-14-11-21-44(49)45-32-30-40(34-50(45)53)52(38-27-25-36(26-28-38)35-15-5-3-6-16-35)48-23-13-10-19-41(48)37-17-7-4-8-18-37/h3-34H,1-2H3. The fraction of sp³-hybridized carbons (Fsp3) is 0.0588. The van der Waals surface area contributed by atoms with Gasteiger partial charge in [0, 0.05) is 38.8 Å². The highest BCUT2D eigenvalue weighted by molar-refractivity contribution is 6.10. The first-order valence-electron chi connectivity index (χ1n) is 18.4. The van der Waals surface area contributed by atoms with Gasteiger partial charge in [-0.05, 0) is 87.5 Å². The molecule has 1 aliphatic rings. The van der Waals surface area contributed by atoms with E-state index in [1.165, 1.54) is 72.0 Å². The number of rotatable bonds is 6. The smallest absolute Gasteiger partial charge is 0.0561 e. The van der Waals surface area contributed by atoms with Crippen molar-refractivity contribution in [2.75, 3.05) is 4.90 Å². The Labute approximate surface area is 310 Å². The number of para-hydroxylation sites is 2. The zero-order valence-corrected chi connectivity index (χ0v) is 29.9. The van der Waals surface area contributed by atoms with Gasteiger partial charge in [0.15, 0.2) is 0 Å². The van der Waals surface area contributed by atoms with E-state index >= 15 is 0 Å². The van der Waals surface area contributed by atoms with Crippen molar-refractivity contribution in [1.29, 1.82) is 0 Å². The van der Waals surface area contributed by atoms with E-state index in [-0.39, 0.29) is 5.41 Å². The van der Waals surface area contributed by atoms with Crippen LogP contribution in [0.4, 0.5) is 17.1 Å². The van der Waals surface area contributed by atoms with E-state index in [0.29, 0.717) is 0 Å². The lowest BCUT2D eigenvalue weighted by Gasteiger charge is -2.28. The normalized spacial score (nSPS) is 12.9. The molecule has 0 aliphatic heterocycles. The fourth-order valence-electron chi connectivity index (χ4n) is 8.60. The van der Waals surface area contributed by atoms with Crippen molar-refractivity contribution < 1.29 is 0 Å². The van der Waals surface area contributed by atoms with Crippen LogP contribution in [0.2, 0.25) is 0 Å². The van der Waals surface area contributed by atoms with Gasteiger partial charge in [0.1, 0.15) is 0 Å². The van der Waals surface area contributed by atoms with Crippen LogP contribution in [0.5, 0.6) is 0 Å². The van der Waals surface area contributed by atoms with Gasteiger partial charge in [0.05, 0.1) is 16.7 Å². The predicted molar refractivity (Wildman–Crippen MR) is 224 cm³/mol. The second-order valence-electron chi connectivity index (χ2n) is 14.6. The number of aromatic nitrogens is 1. The zero-order chi connectivity index (χ0) is 35.5. The molecule has 252 valence electrons. The Morgan fingerprint density at radius 1 is 0.396 bits per heavy atom. The molecule has 0 bridgehead atoms. The summed E-state index contributed by atoms with van der Waals surface area (Å²) >= 11 is 0. The molecule has 1 aliphatic carbocycles. The SMILES string of the molecule is CC1(C)c2ccccc2-c2ccc(-n3c4ccccc4c4ccc(N(c5ccc(-c6ccccc6)cc5)c5ccccc5-c5ccccc5)cc43)cc21. The lowest BCUT2D eigenvalue weighted by molar-refractivity contribution is 0.660. The van der Waals surface area contributed by atoms with Crippen LogP contribution >= 0.6 is 0 Å². The van der Waals surface area contributed by atoms with Crippen LogP contribution in [-0.4, -0.2) is 4.57 Å². The second-order valence-corrected chi connectivity index (χ2v) is 14.6. The fourth-order valence-corrected chi connectivity index (χ4v) is 8.60. The maximum atomic E-state index is 2.47. The van der Waals surface area contributed by atoms with Crippen LogP contribution in [0.1, 0.15) is 25.0 Å². The molecule has 8 aromatic carbocycles. The Morgan fingerprint density at radius 3 is 1.77 bits per heavy atom. The third-order valence-corrected chi connectivity index (χ3v) is 11.2. The quantitative estimate of drug-likeness (QED) is 0.170. The maximum Gasteiger partial charge on any atom is 0.0561 e. The minimum Gasteiger partial charge on any atom is -0.310 e. The molecule has 0 amide bonds.